The van der Waals surface area contributed by atoms with Crippen molar-refractivity contribution in [1.82, 2.24) is 9.88 Å². The molecule has 8 heteroatoms. The zero-order valence-corrected chi connectivity index (χ0v) is 16.8. The van der Waals surface area contributed by atoms with E-state index in [1.54, 1.807) is 12.1 Å². The van der Waals surface area contributed by atoms with Gasteiger partial charge in [0.25, 0.3) is 0 Å². The minimum atomic E-state index is -3.69. The molecule has 0 spiro atoms. The highest BCUT2D eigenvalue weighted by molar-refractivity contribution is 7.89. The van der Waals surface area contributed by atoms with E-state index in [-0.39, 0.29) is 16.7 Å². The fraction of sp³-hybridized carbons (Fsp3) is 0.333. The second-order valence-electron chi connectivity index (χ2n) is 7.36. The first kappa shape index (κ1) is 19.6. The van der Waals surface area contributed by atoms with Gasteiger partial charge in [0.2, 0.25) is 15.9 Å². The minimum Gasteiger partial charge on any atom is -0.440 e. The van der Waals surface area contributed by atoms with E-state index < -0.39 is 10.0 Å². The molecule has 0 unspecified atom stereocenters. The molecule has 1 fully saturated rings. The molecule has 4 rings (SSSR count). The Morgan fingerprint density at radius 1 is 1.10 bits per heavy atom. The van der Waals surface area contributed by atoms with E-state index in [9.17, 15) is 13.2 Å². The first-order valence-corrected chi connectivity index (χ1v) is 11.2. The summed E-state index contributed by atoms with van der Waals surface area (Å²) < 4.78 is 28.5. The van der Waals surface area contributed by atoms with Crippen LogP contribution in [0.1, 0.15) is 36.6 Å². The van der Waals surface area contributed by atoms with Crippen molar-refractivity contribution < 1.29 is 17.6 Å². The largest absolute Gasteiger partial charge is 0.440 e. The first-order chi connectivity index (χ1) is 13.9. The second-order valence-corrected chi connectivity index (χ2v) is 8.93. The van der Waals surface area contributed by atoms with Crippen LogP contribution >= 0.6 is 0 Å². The number of amides is 1. The molecule has 3 aromatic rings. The van der Waals surface area contributed by atoms with Crippen LogP contribution in [0, 0.1) is 0 Å². The van der Waals surface area contributed by atoms with E-state index in [1.165, 1.54) is 12.1 Å². The average molecular weight is 413 g/mol. The zero-order chi connectivity index (χ0) is 20.4. The Balaban J connectivity index is 1.30. The third-order valence-electron chi connectivity index (χ3n) is 5.39. The highest BCUT2D eigenvalue weighted by Gasteiger charge is 2.26. The summed E-state index contributed by atoms with van der Waals surface area (Å²) in [7, 11) is -3.69. The summed E-state index contributed by atoms with van der Waals surface area (Å²) in [5, 5.41) is 5.10. The van der Waals surface area contributed by atoms with Crippen LogP contribution in [0.15, 0.2) is 57.8 Å². The van der Waals surface area contributed by atoms with Crippen LogP contribution in [0.4, 0.5) is 0 Å². The fourth-order valence-electron chi connectivity index (χ4n) is 3.70. The van der Waals surface area contributed by atoms with Gasteiger partial charge in [-0.2, -0.15) is 0 Å². The van der Waals surface area contributed by atoms with E-state index in [4.69, 9.17) is 9.56 Å². The molecule has 7 nitrogen and oxygen atoms in total. The summed E-state index contributed by atoms with van der Waals surface area (Å²) in [5.41, 5.74) is 2.58. The molecule has 2 heterocycles. The summed E-state index contributed by atoms with van der Waals surface area (Å²) in [6.45, 7) is 1.37. The Labute approximate surface area is 169 Å². The standard InChI is InChI=1S/C21H23N3O4S/c22-29(26,27)17-8-5-15(6-9-17)7-10-20(25)24-13-11-16(12-14-24)21-23-18-3-1-2-4-19(18)28-21/h1-6,8-9,16H,7,10-14H2,(H2,22,26,27). The summed E-state index contributed by atoms with van der Waals surface area (Å²) in [6.07, 6.45) is 2.63. The van der Waals surface area contributed by atoms with Gasteiger partial charge in [-0.3, -0.25) is 4.79 Å². The van der Waals surface area contributed by atoms with Gasteiger partial charge in [-0.05, 0) is 49.1 Å². The van der Waals surface area contributed by atoms with Crippen LogP contribution in [-0.4, -0.2) is 37.3 Å². The molecule has 0 aliphatic carbocycles. The monoisotopic (exact) mass is 413 g/mol. The normalized spacial score (nSPS) is 15.7. The van der Waals surface area contributed by atoms with Crippen LogP contribution in [-0.2, 0) is 21.2 Å². The van der Waals surface area contributed by atoms with Crippen molar-refractivity contribution in [3.8, 4) is 0 Å². The SMILES string of the molecule is NS(=O)(=O)c1ccc(CCC(=O)N2CCC(c3nc4ccccc4o3)CC2)cc1. The summed E-state index contributed by atoms with van der Waals surface area (Å²) >= 11 is 0. The molecule has 2 aromatic carbocycles. The van der Waals surface area contributed by atoms with Crippen molar-refractivity contribution >= 4 is 27.0 Å². The molecule has 0 radical (unpaired) electrons. The van der Waals surface area contributed by atoms with Crippen LogP contribution in [0.2, 0.25) is 0 Å². The van der Waals surface area contributed by atoms with Crippen molar-refractivity contribution in [2.24, 2.45) is 5.14 Å². The van der Waals surface area contributed by atoms with Gasteiger partial charge in [0.05, 0.1) is 4.90 Å². The predicted molar refractivity (Wildman–Crippen MR) is 109 cm³/mol. The van der Waals surface area contributed by atoms with Gasteiger partial charge < -0.3 is 9.32 Å². The van der Waals surface area contributed by atoms with Crippen molar-refractivity contribution in [1.29, 1.82) is 0 Å². The van der Waals surface area contributed by atoms with Crippen molar-refractivity contribution in [3.05, 3.63) is 60.0 Å². The van der Waals surface area contributed by atoms with Crippen molar-refractivity contribution in [2.45, 2.75) is 36.5 Å². The van der Waals surface area contributed by atoms with Crippen LogP contribution in [0.25, 0.3) is 11.1 Å². The third kappa shape index (κ3) is 4.49. The van der Waals surface area contributed by atoms with Crippen molar-refractivity contribution in [2.75, 3.05) is 13.1 Å². The van der Waals surface area contributed by atoms with E-state index in [2.05, 4.69) is 4.98 Å². The number of hydrogen-bond donors (Lipinski definition) is 1. The lowest BCUT2D eigenvalue weighted by atomic mass is 9.96. The van der Waals surface area contributed by atoms with Gasteiger partial charge >= 0.3 is 0 Å². The molecule has 1 saturated heterocycles. The van der Waals surface area contributed by atoms with Crippen LogP contribution in [0.5, 0.6) is 0 Å². The molecule has 2 N–H and O–H groups in total. The van der Waals surface area contributed by atoms with Gasteiger partial charge in [-0.25, -0.2) is 18.5 Å². The lowest BCUT2D eigenvalue weighted by Gasteiger charge is -2.30. The molecule has 0 saturated carbocycles. The summed E-state index contributed by atoms with van der Waals surface area (Å²) in [5.74, 6) is 1.10. The molecule has 152 valence electrons. The lowest BCUT2D eigenvalue weighted by Crippen LogP contribution is -2.38. The van der Waals surface area contributed by atoms with Gasteiger partial charge in [0, 0.05) is 25.4 Å². The smallest absolute Gasteiger partial charge is 0.238 e. The maximum absolute atomic E-state index is 12.6. The summed E-state index contributed by atoms with van der Waals surface area (Å²) in [4.78, 5) is 19.1. The zero-order valence-electron chi connectivity index (χ0n) is 16.0. The maximum atomic E-state index is 12.6. The van der Waals surface area contributed by atoms with Crippen LogP contribution in [0.3, 0.4) is 0 Å². The number of carbonyl (C=O) groups is 1. The lowest BCUT2D eigenvalue weighted by molar-refractivity contribution is -0.132. The number of rotatable bonds is 5. The average Bonchev–Trinajstić information content (AvgIpc) is 3.16. The third-order valence-corrected chi connectivity index (χ3v) is 6.32. The number of oxazole rings is 1. The Kier molecular flexibility index (Phi) is 5.38. The number of likely N-dealkylation sites (tertiary alicyclic amines) is 1. The number of para-hydroxylation sites is 2. The molecule has 0 bridgehead atoms. The van der Waals surface area contributed by atoms with E-state index >= 15 is 0 Å². The van der Waals surface area contributed by atoms with Gasteiger partial charge in [-0.1, -0.05) is 24.3 Å². The second kappa shape index (κ2) is 7.96. The number of carbonyl (C=O) groups excluding carboxylic acids is 1. The Morgan fingerprint density at radius 3 is 2.45 bits per heavy atom. The van der Waals surface area contributed by atoms with Gasteiger partial charge in [0.15, 0.2) is 11.5 Å². The molecular formula is C21H23N3O4S. The molecule has 1 aromatic heterocycles. The first-order valence-electron chi connectivity index (χ1n) is 9.65. The van der Waals surface area contributed by atoms with Gasteiger partial charge in [0.1, 0.15) is 5.52 Å². The Hall–Kier alpha value is -2.71. The number of nitrogens with two attached hydrogens (primary N) is 1. The number of aryl methyl sites for hydroxylation is 1. The topological polar surface area (TPSA) is 106 Å². The number of aromatic nitrogens is 1. The number of nitrogens with zero attached hydrogens (tertiary/aromatic N) is 2. The molecule has 1 amide bonds. The quantitative estimate of drug-likeness (QED) is 0.692. The highest BCUT2D eigenvalue weighted by Crippen LogP contribution is 2.30. The molecular weight excluding hydrogens is 390 g/mol. The van der Waals surface area contributed by atoms with E-state index in [0.717, 1.165) is 35.4 Å². The number of piperidine rings is 1. The van der Waals surface area contributed by atoms with E-state index in [0.29, 0.717) is 25.9 Å². The van der Waals surface area contributed by atoms with Crippen molar-refractivity contribution in [3.63, 3.8) is 0 Å². The number of primary sulfonamides is 1. The fourth-order valence-corrected chi connectivity index (χ4v) is 4.21. The molecule has 1 aliphatic heterocycles. The predicted octanol–water partition coefficient (Wildman–Crippen LogP) is 2.81. The minimum absolute atomic E-state index is 0.0776. The van der Waals surface area contributed by atoms with Crippen LogP contribution < -0.4 is 5.14 Å². The Bertz CT molecular complexity index is 1080. The number of fused-ring (bicyclic) bond motifs is 1. The molecule has 1 aliphatic rings. The molecule has 0 atom stereocenters. The Morgan fingerprint density at radius 2 is 1.79 bits per heavy atom. The van der Waals surface area contributed by atoms with Gasteiger partial charge in [-0.15, -0.1) is 0 Å². The van der Waals surface area contributed by atoms with E-state index in [1.807, 2.05) is 29.2 Å². The maximum Gasteiger partial charge on any atom is 0.238 e. The summed E-state index contributed by atoms with van der Waals surface area (Å²) in [6, 6.07) is 14.1. The number of hydrogen-bond acceptors (Lipinski definition) is 5. The highest BCUT2D eigenvalue weighted by atomic mass is 32.2. The number of sulfonamides is 1. The number of benzene rings is 2. The molecule has 29 heavy (non-hydrogen) atoms.